The van der Waals surface area contributed by atoms with Crippen LogP contribution in [0.25, 0.3) is 0 Å². The summed E-state index contributed by atoms with van der Waals surface area (Å²) in [5.41, 5.74) is 0.508. The zero-order valence-corrected chi connectivity index (χ0v) is 13.0. The Morgan fingerprint density at radius 2 is 1.85 bits per heavy atom. The van der Waals surface area contributed by atoms with Crippen LogP contribution in [0.1, 0.15) is 58.4 Å². The minimum Gasteiger partial charge on any atom is -0.493 e. The number of rotatable bonds is 8. The second-order valence-corrected chi connectivity index (χ2v) is 5.58. The number of benzene rings is 1. The lowest BCUT2D eigenvalue weighted by atomic mass is 9.79. The summed E-state index contributed by atoms with van der Waals surface area (Å²) in [6.45, 7) is 8.56. The molecule has 0 bridgehead atoms. The topological polar surface area (TPSA) is 46.5 Å². The molecule has 0 spiro atoms. The highest BCUT2D eigenvalue weighted by Crippen LogP contribution is 2.32. The lowest BCUT2D eigenvalue weighted by Gasteiger charge is -2.26. The Balaban J connectivity index is 2.71. The van der Waals surface area contributed by atoms with Gasteiger partial charge in [0.2, 0.25) is 0 Å². The summed E-state index contributed by atoms with van der Waals surface area (Å²) in [4.78, 5) is 11.4. The summed E-state index contributed by atoms with van der Waals surface area (Å²) in [5, 5.41) is 9.41. The summed E-state index contributed by atoms with van der Waals surface area (Å²) < 4.78 is 5.84. The number of aliphatic carboxylic acids is 1. The van der Waals surface area contributed by atoms with Crippen LogP contribution in [0.5, 0.6) is 5.75 Å². The van der Waals surface area contributed by atoms with Crippen molar-refractivity contribution < 1.29 is 14.6 Å². The Hall–Kier alpha value is -1.51. The number of hydrogen-bond donors (Lipinski definition) is 1. The SMILES string of the molecule is CCC(CC)(CCOc1ccccc1C(C)C)C(=O)O. The van der Waals surface area contributed by atoms with E-state index in [1.807, 2.05) is 32.0 Å². The van der Waals surface area contributed by atoms with E-state index in [-0.39, 0.29) is 0 Å². The van der Waals surface area contributed by atoms with Gasteiger partial charge in [-0.25, -0.2) is 0 Å². The van der Waals surface area contributed by atoms with Crippen molar-refractivity contribution >= 4 is 5.97 Å². The summed E-state index contributed by atoms with van der Waals surface area (Å²) in [7, 11) is 0. The maximum atomic E-state index is 11.4. The highest BCUT2D eigenvalue weighted by atomic mass is 16.5. The summed E-state index contributed by atoms with van der Waals surface area (Å²) in [5.74, 6) is 0.546. The molecule has 0 fully saturated rings. The standard InChI is InChI=1S/C17H26O3/c1-5-17(6-2,16(18)19)11-12-20-15-10-8-7-9-14(15)13(3)4/h7-10,13H,5-6,11-12H2,1-4H3,(H,18,19). The van der Waals surface area contributed by atoms with E-state index in [2.05, 4.69) is 19.9 Å². The monoisotopic (exact) mass is 278 g/mol. The van der Waals surface area contributed by atoms with Gasteiger partial charge in [-0.1, -0.05) is 45.9 Å². The Labute approximate surface area is 122 Å². The molecule has 0 saturated heterocycles. The molecule has 0 radical (unpaired) electrons. The minimum atomic E-state index is -0.719. The fourth-order valence-corrected chi connectivity index (χ4v) is 2.46. The zero-order valence-electron chi connectivity index (χ0n) is 13.0. The van der Waals surface area contributed by atoms with Crippen molar-refractivity contribution in [3.8, 4) is 5.75 Å². The van der Waals surface area contributed by atoms with Crippen molar-refractivity contribution in [2.75, 3.05) is 6.61 Å². The molecule has 1 aromatic rings. The number of carbonyl (C=O) groups is 1. The van der Waals surface area contributed by atoms with Crippen LogP contribution in [0.2, 0.25) is 0 Å². The highest BCUT2D eigenvalue weighted by Gasteiger charge is 2.34. The third-order valence-corrected chi connectivity index (χ3v) is 4.19. The van der Waals surface area contributed by atoms with Gasteiger partial charge in [-0.05, 0) is 36.8 Å². The van der Waals surface area contributed by atoms with E-state index in [1.165, 1.54) is 5.56 Å². The number of para-hydroxylation sites is 1. The first-order valence-corrected chi connectivity index (χ1v) is 7.42. The number of carboxylic acid groups (broad SMARTS) is 1. The first kappa shape index (κ1) is 16.5. The molecule has 0 aromatic heterocycles. The lowest BCUT2D eigenvalue weighted by molar-refractivity contribution is -0.150. The Morgan fingerprint density at radius 1 is 1.25 bits per heavy atom. The molecule has 20 heavy (non-hydrogen) atoms. The van der Waals surface area contributed by atoms with E-state index < -0.39 is 11.4 Å². The average molecular weight is 278 g/mol. The van der Waals surface area contributed by atoms with Gasteiger partial charge in [0, 0.05) is 0 Å². The van der Waals surface area contributed by atoms with Gasteiger partial charge in [-0.2, -0.15) is 0 Å². The normalized spacial score (nSPS) is 11.7. The van der Waals surface area contributed by atoms with Crippen LogP contribution in [-0.4, -0.2) is 17.7 Å². The van der Waals surface area contributed by atoms with Gasteiger partial charge < -0.3 is 9.84 Å². The Kier molecular flexibility index (Phi) is 6.05. The van der Waals surface area contributed by atoms with Gasteiger partial charge in [0.1, 0.15) is 5.75 Å². The van der Waals surface area contributed by atoms with Gasteiger partial charge >= 0.3 is 5.97 Å². The van der Waals surface area contributed by atoms with Gasteiger partial charge in [0.15, 0.2) is 0 Å². The molecule has 0 unspecified atom stereocenters. The molecular weight excluding hydrogens is 252 g/mol. The van der Waals surface area contributed by atoms with E-state index in [0.29, 0.717) is 31.8 Å². The fourth-order valence-electron chi connectivity index (χ4n) is 2.46. The van der Waals surface area contributed by atoms with Crippen LogP contribution in [0.3, 0.4) is 0 Å². The minimum absolute atomic E-state index is 0.396. The third-order valence-electron chi connectivity index (χ3n) is 4.19. The average Bonchev–Trinajstić information content (AvgIpc) is 2.44. The van der Waals surface area contributed by atoms with Crippen molar-refractivity contribution in [1.29, 1.82) is 0 Å². The van der Waals surface area contributed by atoms with Gasteiger partial charge in [0.05, 0.1) is 12.0 Å². The van der Waals surface area contributed by atoms with E-state index in [0.717, 1.165) is 5.75 Å². The second-order valence-electron chi connectivity index (χ2n) is 5.58. The largest absolute Gasteiger partial charge is 0.493 e. The summed E-state index contributed by atoms with van der Waals surface area (Å²) in [6, 6.07) is 7.97. The van der Waals surface area contributed by atoms with Gasteiger partial charge in [-0.3, -0.25) is 4.79 Å². The smallest absolute Gasteiger partial charge is 0.309 e. The molecule has 3 heteroatoms. The highest BCUT2D eigenvalue weighted by molar-refractivity contribution is 5.74. The molecule has 1 aromatic carbocycles. The number of hydrogen-bond acceptors (Lipinski definition) is 2. The lowest BCUT2D eigenvalue weighted by Crippen LogP contribution is -2.31. The fraction of sp³-hybridized carbons (Fsp3) is 0.588. The second kappa shape index (κ2) is 7.32. The predicted molar refractivity (Wildman–Crippen MR) is 81.3 cm³/mol. The van der Waals surface area contributed by atoms with Crippen molar-refractivity contribution in [2.45, 2.75) is 52.9 Å². The maximum Gasteiger partial charge on any atom is 0.309 e. The van der Waals surface area contributed by atoms with E-state index in [1.54, 1.807) is 0 Å². The van der Waals surface area contributed by atoms with Crippen LogP contribution in [0.15, 0.2) is 24.3 Å². The maximum absolute atomic E-state index is 11.4. The molecule has 0 aliphatic heterocycles. The van der Waals surface area contributed by atoms with Crippen LogP contribution in [-0.2, 0) is 4.79 Å². The van der Waals surface area contributed by atoms with Gasteiger partial charge in [0.25, 0.3) is 0 Å². The van der Waals surface area contributed by atoms with Crippen molar-refractivity contribution in [1.82, 2.24) is 0 Å². The molecule has 1 rings (SSSR count). The summed E-state index contributed by atoms with van der Waals surface area (Å²) in [6.07, 6.45) is 1.81. The van der Waals surface area contributed by atoms with E-state index in [9.17, 15) is 9.90 Å². The van der Waals surface area contributed by atoms with Crippen LogP contribution >= 0.6 is 0 Å². The van der Waals surface area contributed by atoms with Crippen LogP contribution < -0.4 is 4.74 Å². The van der Waals surface area contributed by atoms with Crippen LogP contribution in [0.4, 0.5) is 0 Å². The summed E-state index contributed by atoms with van der Waals surface area (Å²) >= 11 is 0. The van der Waals surface area contributed by atoms with Crippen LogP contribution in [0, 0.1) is 5.41 Å². The van der Waals surface area contributed by atoms with Gasteiger partial charge in [-0.15, -0.1) is 0 Å². The van der Waals surface area contributed by atoms with Crippen molar-refractivity contribution in [3.05, 3.63) is 29.8 Å². The molecule has 1 N–H and O–H groups in total. The molecule has 0 amide bonds. The van der Waals surface area contributed by atoms with Crippen molar-refractivity contribution in [3.63, 3.8) is 0 Å². The molecule has 112 valence electrons. The first-order valence-electron chi connectivity index (χ1n) is 7.42. The zero-order chi connectivity index (χ0) is 15.2. The molecular formula is C17H26O3. The Morgan fingerprint density at radius 3 is 2.35 bits per heavy atom. The quantitative estimate of drug-likeness (QED) is 0.763. The molecule has 0 saturated carbocycles. The molecule has 0 aliphatic carbocycles. The molecule has 0 atom stereocenters. The van der Waals surface area contributed by atoms with E-state index in [4.69, 9.17) is 4.74 Å². The molecule has 0 heterocycles. The number of ether oxygens (including phenoxy) is 1. The number of carboxylic acids is 1. The first-order chi connectivity index (χ1) is 9.46. The van der Waals surface area contributed by atoms with E-state index >= 15 is 0 Å². The molecule has 0 aliphatic rings. The predicted octanol–water partition coefficient (Wildman–Crippen LogP) is 4.47. The third kappa shape index (κ3) is 3.75. The molecule has 3 nitrogen and oxygen atoms in total. The Bertz CT molecular complexity index is 434. The van der Waals surface area contributed by atoms with Crippen molar-refractivity contribution in [2.24, 2.45) is 5.41 Å².